The minimum atomic E-state index is -0.266. The summed E-state index contributed by atoms with van der Waals surface area (Å²) >= 11 is 6.98. The Morgan fingerprint density at radius 2 is 1.67 bits per heavy atom. The Labute approximate surface area is 263 Å². The molecule has 1 amide bonds. The van der Waals surface area contributed by atoms with E-state index in [0.29, 0.717) is 21.3 Å². The standard InChI is InChI=1S/C34H37N5O2S2/c1-4-5-16-38-31(37-19-17-36(18-20-37)23-26-12-8-6-9-13-26)28(24(2)29(22-35)32(38)40)21-30-33(41)39(34(42)43-30)25(3)27-14-10-7-11-15-27/h6-15,21,25H,4-5,16-20,23H2,1-3H3/b30-21-. The van der Waals surface area contributed by atoms with Crippen molar-refractivity contribution in [3.05, 3.63) is 104 Å². The van der Waals surface area contributed by atoms with Crippen molar-refractivity contribution in [2.45, 2.75) is 52.7 Å². The van der Waals surface area contributed by atoms with Gasteiger partial charge in [0.1, 0.15) is 21.8 Å². The van der Waals surface area contributed by atoms with Crippen LogP contribution in [0.3, 0.4) is 0 Å². The van der Waals surface area contributed by atoms with Gasteiger partial charge < -0.3 is 4.90 Å². The molecular formula is C34H37N5O2S2. The van der Waals surface area contributed by atoms with Gasteiger partial charge in [-0.2, -0.15) is 5.26 Å². The molecule has 9 heteroatoms. The van der Waals surface area contributed by atoms with Gasteiger partial charge >= 0.3 is 0 Å². The third-order valence-corrected chi connectivity index (χ3v) is 9.60. The zero-order valence-corrected chi connectivity index (χ0v) is 26.6. The molecular weight excluding hydrogens is 575 g/mol. The van der Waals surface area contributed by atoms with Gasteiger partial charge in [-0.25, -0.2) is 0 Å². The predicted molar refractivity (Wildman–Crippen MR) is 179 cm³/mol. The van der Waals surface area contributed by atoms with Crippen LogP contribution in [0.5, 0.6) is 0 Å². The molecule has 2 aromatic carbocycles. The lowest BCUT2D eigenvalue weighted by molar-refractivity contribution is -0.123. The van der Waals surface area contributed by atoms with E-state index in [1.165, 1.54) is 17.3 Å². The Bertz CT molecular complexity index is 1620. The van der Waals surface area contributed by atoms with Crippen LogP contribution in [0, 0.1) is 18.3 Å². The molecule has 0 radical (unpaired) electrons. The van der Waals surface area contributed by atoms with Crippen molar-refractivity contribution in [1.29, 1.82) is 5.26 Å². The first-order valence-electron chi connectivity index (χ1n) is 14.8. The van der Waals surface area contributed by atoms with E-state index in [1.807, 2.05) is 56.3 Å². The molecule has 0 aliphatic carbocycles. The quantitative estimate of drug-likeness (QED) is 0.214. The van der Waals surface area contributed by atoms with Crippen LogP contribution >= 0.6 is 24.0 Å². The molecule has 2 aliphatic rings. The number of nitrogens with zero attached hydrogens (tertiary/aromatic N) is 5. The number of rotatable bonds is 9. The summed E-state index contributed by atoms with van der Waals surface area (Å²) in [4.78, 5) is 34.4. The molecule has 2 fully saturated rings. The van der Waals surface area contributed by atoms with Crippen LogP contribution in [0.15, 0.2) is 70.4 Å². The summed E-state index contributed by atoms with van der Waals surface area (Å²) in [5.41, 5.74) is 3.49. The number of benzene rings is 2. The van der Waals surface area contributed by atoms with Gasteiger partial charge in [-0.3, -0.25) is 24.0 Å². The number of anilines is 1. The van der Waals surface area contributed by atoms with Gasteiger partial charge in [-0.05, 0) is 43.0 Å². The second-order valence-electron chi connectivity index (χ2n) is 11.0. The van der Waals surface area contributed by atoms with E-state index in [-0.39, 0.29) is 23.1 Å². The van der Waals surface area contributed by atoms with Crippen LogP contribution in [-0.4, -0.2) is 50.8 Å². The van der Waals surface area contributed by atoms with E-state index >= 15 is 0 Å². The maximum Gasteiger partial charge on any atom is 0.270 e. The highest BCUT2D eigenvalue weighted by atomic mass is 32.2. The molecule has 0 bridgehead atoms. The Morgan fingerprint density at radius 1 is 1.02 bits per heavy atom. The van der Waals surface area contributed by atoms with Crippen molar-refractivity contribution in [3.8, 4) is 6.07 Å². The fourth-order valence-electron chi connectivity index (χ4n) is 5.79. The van der Waals surface area contributed by atoms with E-state index in [4.69, 9.17) is 12.2 Å². The second-order valence-corrected chi connectivity index (χ2v) is 12.7. The van der Waals surface area contributed by atoms with Gasteiger partial charge in [-0.1, -0.05) is 98.0 Å². The van der Waals surface area contributed by atoms with Gasteiger partial charge in [-0.15, -0.1) is 0 Å². The molecule has 43 heavy (non-hydrogen) atoms. The molecule has 5 rings (SSSR count). The normalized spacial score (nSPS) is 17.5. The van der Waals surface area contributed by atoms with Gasteiger partial charge in [0, 0.05) is 44.8 Å². The summed E-state index contributed by atoms with van der Waals surface area (Å²) in [6.07, 6.45) is 3.59. The minimum absolute atomic E-state index is 0.127. The number of thiocarbonyl (C=S) groups is 1. The molecule has 3 heterocycles. The van der Waals surface area contributed by atoms with Crippen molar-refractivity contribution in [2.75, 3.05) is 31.1 Å². The summed E-state index contributed by atoms with van der Waals surface area (Å²) in [7, 11) is 0. The summed E-state index contributed by atoms with van der Waals surface area (Å²) in [6, 6.07) is 22.2. The molecule has 7 nitrogen and oxygen atoms in total. The lowest BCUT2D eigenvalue weighted by atomic mass is 10.0. The van der Waals surface area contributed by atoms with Crippen molar-refractivity contribution in [3.63, 3.8) is 0 Å². The van der Waals surface area contributed by atoms with Crippen LogP contribution < -0.4 is 10.5 Å². The number of piperazine rings is 1. The first-order valence-corrected chi connectivity index (χ1v) is 16.1. The number of hydrogen-bond acceptors (Lipinski definition) is 7. The molecule has 1 unspecified atom stereocenters. The highest BCUT2D eigenvalue weighted by molar-refractivity contribution is 8.26. The largest absolute Gasteiger partial charge is 0.355 e. The minimum Gasteiger partial charge on any atom is -0.355 e. The number of carbonyl (C=O) groups is 1. The average molecular weight is 612 g/mol. The summed E-state index contributed by atoms with van der Waals surface area (Å²) in [5.74, 6) is 0.630. The third-order valence-electron chi connectivity index (χ3n) is 8.27. The Morgan fingerprint density at radius 3 is 2.30 bits per heavy atom. The van der Waals surface area contributed by atoms with Crippen LogP contribution in [-0.2, 0) is 17.9 Å². The average Bonchev–Trinajstić information content (AvgIpc) is 3.31. The van der Waals surface area contributed by atoms with E-state index in [2.05, 4.69) is 47.1 Å². The van der Waals surface area contributed by atoms with Gasteiger partial charge in [0.05, 0.1) is 10.9 Å². The predicted octanol–water partition coefficient (Wildman–Crippen LogP) is 6.11. The molecule has 3 aromatic rings. The molecule has 222 valence electrons. The highest BCUT2D eigenvalue weighted by Gasteiger charge is 2.37. The molecule has 0 saturated carbocycles. The number of aromatic nitrogens is 1. The smallest absolute Gasteiger partial charge is 0.270 e. The number of thioether (sulfide) groups is 1. The van der Waals surface area contributed by atoms with E-state index in [0.717, 1.165) is 62.5 Å². The SMILES string of the molecule is CCCCn1c(N2CCN(Cc3ccccc3)CC2)c(/C=C2\SC(=S)N(C(C)c3ccccc3)C2=O)c(C)c(C#N)c1=O. The fourth-order valence-corrected chi connectivity index (χ4v) is 7.19. The van der Waals surface area contributed by atoms with Crippen LogP contribution in [0.1, 0.15) is 60.5 Å². The zero-order chi connectivity index (χ0) is 30.5. The van der Waals surface area contributed by atoms with Crippen LogP contribution in [0.25, 0.3) is 6.08 Å². The number of carbonyl (C=O) groups excluding carboxylic acids is 1. The van der Waals surface area contributed by atoms with E-state index in [9.17, 15) is 14.9 Å². The maximum atomic E-state index is 13.8. The van der Waals surface area contributed by atoms with Crippen LogP contribution in [0.4, 0.5) is 5.82 Å². The van der Waals surface area contributed by atoms with Gasteiger partial charge in [0.2, 0.25) is 0 Å². The third kappa shape index (κ3) is 6.47. The van der Waals surface area contributed by atoms with Crippen LogP contribution in [0.2, 0.25) is 0 Å². The van der Waals surface area contributed by atoms with E-state index < -0.39 is 0 Å². The lowest BCUT2D eigenvalue weighted by Gasteiger charge is -2.38. The number of nitriles is 1. The molecule has 2 aliphatic heterocycles. The lowest BCUT2D eigenvalue weighted by Crippen LogP contribution is -2.48. The summed E-state index contributed by atoms with van der Waals surface area (Å²) in [5, 5.41) is 10.0. The fraction of sp³-hybridized carbons (Fsp3) is 0.353. The first kappa shape index (κ1) is 30.7. The summed E-state index contributed by atoms with van der Waals surface area (Å²) in [6.45, 7) is 10.4. The Kier molecular flexibility index (Phi) is 9.81. The number of hydrogen-bond donors (Lipinski definition) is 0. The highest BCUT2D eigenvalue weighted by Crippen LogP contribution is 2.40. The number of unbranched alkanes of at least 4 members (excludes halogenated alkanes) is 1. The Hall–Kier alpha value is -3.71. The van der Waals surface area contributed by atoms with Gasteiger partial charge in [0.15, 0.2) is 0 Å². The number of amides is 1. The van der Waals surface area contributed by atoms with Gasteiger partial charge in [0.25, 0.3) is 11.5 Å². The van der Waals surface area contributed by atoms with Crippen molar-refractivity contribution >= 4 is 46.1 Å². The molecule has 0 N–H and O–H groups in total. The van der Waals surface area contributed by atoms with E-state index in [1.54, 1.807) is 9.47 Å². The monoisotopic (exact) mass is 611 g/mol. The molecule has 0 spiro atoms. The molecule has 2 saturated heterocycles. The topological polar surface area (TPSA) is 72.6 Å². The number of pyridine rings is 1. The first-order chi connectivity index (χ1) is 20.8. The summed E-state index contributed by atoms with van der Waals surface area (Å²) < 4.78 is 2.27. The second kappa shape index (κ2) is 13.7. The van der Waals surface area contributed by atoms with Crippen molar-refractivity contribution < 1.29 is 4.79 Å². The molecule has 1 atom stereocenters. The zero-order valence-electron chi connectivity index (χ0n) is 25.0. The maximum absolute atomic E-state index is 13.8. The van der Waals surface area contributed by atoms with Crippen molar-refractivity contribution in [1.82, 2.24) is 14.4 Å². The van der Waals surface area contributed by atoms with Crippen molar-refractivity contribution in [2.24, 2.45) is 0 Å². The molecule has 1 aromatic heterocycles. The Balaban J connectivity index is 1.53.